The molecule has 0 aromatic heterocycles. The van der Waals surface area contributed by atoms with Gasteiger partial charge in [0.25, 0.3) is 5.97 Å². The van der Waals surface area contributed by atoms with Gasteiger partial charge in [0.1, 0.15) is 12.7 Å². The van der Waals surface area contributed by atoms with Crippen LogP contribution in [0, 0.1) is 0 Å². The lowest BCUT2D eigenvalue weighted by atomic mass is 9.77. The molecular formula is C17H23N3O5. The number of piperidine rings is 1. The number of carbonyl (C=O) groups is 3. The fourth-order valence-corrected chi connectivity index (χ4v) is 3.21. The molecule has 1 aromatic carbocycles. The van der Waals surface area contributed by atoms with Crippen LogP contribution >= 0.6 is 0 Å². The molecule has 0 saturated carbocycles. The quantitative estimate of drug-likeness (QED) is 0.673. The zero-order valence-electron chi connectivity index (χ0n) is 14.1. The Labute approximate surface area is 145 Å². The molecule has 136 valence electrons. The van der Waals surface area contributed by atoms with Crippen LogP contribution in [0.2, 0.25) is 0 Å². The topological polar surface area (TPSA) is 122 Å². The van der Waals surface area contributed by atoms with Crippen LogP contribution in [0.3, 0.4) is 0 Å². The van der Waals surface area contributed by atoms with Gasteiger partial charge in [-0.3, -0.25) is 14.4 Å². The molecular weight excluding hydrogens is 326 g/mol. The van der Waals surface area contributed by atoms with E-state index in [0.29, 0.717) is 19.5 Å². The molecule has 2 aliphatic heterocycles. The van der Waals surface area contributed by atoms with Crippen LogP contribution < -0.4 is 11.1 Å². The molecule has 2 heterocycles. The number of carbonyl (C=O) groups excluding carboxylic acids is 2. The number of benzene rings is 1. The first-order chi connectivity index (χ1) is 11.9. The van der Waals surface area contributed by atoms with Gasteiger partial charge in [0.05, 0.1) is 12.1 Å². The molecule has 1 aromatic rings. The van der Waals surface area contributed by atoms with E-state index in [1.54, 1.807) is 4.90 Å². The number of ether oxygens (including phenoxy) is 1. The number of carboxylic acids is 1. The summed E-state index contributed by atoms with van der Waals surface area (Å²) in [4.78, 5) is 34.3. The molecule has 0 bridgehead atoms. The molecule has 0 aliphatic carbocycles. The van der Waals surface area contributed by atoms with Crippen LogP contribution in [0.5, 0.6) is 0 Å². The van der Waals surface area contributed by atoms with E-state index >= 15 is 0 Å². The lowest BCUT2D eigenvalue weighted by molar-refractivity contribution is -0.157. The lowest BCUT2D eigenvalue weighted by Gasteiger charge is -2.50. The molecule has 8 heteroatoms. The molecule has 2 amide bonds. The molecule has 25 heavy (non-hydrogen) atoms. The average Bonchev–Trinajstić information content (AvgIpc) is 2.60. The Morgan fingerprint density at radius 2 is 2.04 bits per heavy atom. The fourth-order valence-electron chi connectivity index (χ4n) is 3.21. The molecule has 4 N–H and O–H groups in total. The summed E-state index contributed by atoms with van der Waals surface area (Å²) < 4.78 is 5.73. The van der Waals surface area contributed by atoms with E-state index in [-0.39, 0.29) is 31.1 Å². The predicted molar refractivity (Wildman–Crippen MR) is 89.6 cm³/mol. The van der Waals surface area contributed by atoms with Gasteiger partial charge in [-0.1, -0.05) is 30.3 Å². The largest absolute Gasteiger partial charge is 0.481 e. The first-order valence-corrected chi connectivity index (χ1v) is 8.04. The second kappa shape index (κ2) is 8.09. The summed E-state index contributed by atoms with van der Waals surface area (Å²) >= 11 is 0. The van der Waals surface area contributed by atoms with Crippen LogP contribution in [0.1, 0.15) is 18.9 Å². The minimum Gasteiger partial charge on any atom is -0.481 e. The predicted octanol–water partition coefficient (Wildman–Crippen LogP) is -0.321. The first-order valence-electron chi connectivity index (χ1n) is 8.04. The van der Waals surface area contributed by atoms with Crippen molar-refractivity contribution in [1.82, 2.24) is 10.2 Å². The maximum atomic E-state index is 11.8. The van der Waals surface area contributed by atoms with Crippen LogP contribution in [-0.4, -0.2) is 60.1 Å². The number of hydrogen-bond acceptors (Lipinski definition) is 5. The number of morpholine rings is 1. The van der Waals surface area contributed by atoms with E-state index < -0.39 is 11.5 Å². The lowest BCUT2D eigenvalue weighted by Crippen LogP contribution is -2.67. The molecule has 3 rings (SSSR count). The summed E-state index contributed by atoms with van der Waals surface area (Å²) in [5.74, 6) is -1.04. The Morgan fingerprint density at radius 1 is 1.40 bits per heavy atom. The van der Waals surface area contributed by atoms with Gasteiger partial charge >= 0.3 is 0 Å². The summed E-state index contributed by atoms with van der Waals surface area (Å²) in [6, 6.07) is 9.80. The maximum absolute atomic E-state index is 11.8. The van der Waals surface area contributed by atoms with Gasteiger partial charge in [-0.05, 0) is 12.0 Å². The van der Waals surface area contributed by atoms with Crippen molar-refractivity contribution in [2.75, 3.05) is 26.2 Å². The van der Waals surface area contributed by atoms with Gasteiger partial charge in [0, 0.05) is 20.0 Å². The van der Waals surface area contributed by atoms with Crippen molar-refractivity contribution >= 4 is 17.8 Å². The Balaban J connectivity index is 0.000000511. The molecule has 0 unspecified atom stereocenters. The van der Waals surface area contributed by atoms with Gasteiger partial charge in [0.2, 0.25) is 11.8 Å². The molecule has 0 radical (unpaired) electrons. The number of nitrogens with zero attached hydrogens (tertiary/aromatic N) is 1. The second-order valence-corrected chi connectivity index (χ2v) is 6.00. The third-order valence-corrected chi connectivity index (χ3v) is 4.31. The summed E-state index contributed by atoms with van der Waals surface area (Å²) in [6.45, 7) is 2.12. The minimum absolute atomic E-state index is 0.00256. The maximum Gasteiger partial charge on any atom is 0.300 e. The highest BCUT2D eigenvalue weighted by Crippen LogP contribution is 2.36. The number of aliphatic carboxylic acids is 1. The second-order valence-electron chi connectivity index (χ2n) is 6.00. The van der Waals surface area contributed by atoms with Gasteiger partial charge in [0.15, 0.2) is 0 Å². The molecule has 2 atom stereocenters. The van der Waals surface area contributed by atoms with Crippen LogP contribution in [0.4, 0.5) is 0 Å². The number of likely N-dealkylation sites (tertiary alicyclic amines) is 1. The van der Waals surface area contributed by atoms with Crippen molar-refractivity contribution in [2.45, 2.75) is 25.0 Å². The van der Waals surface area contributed by atoms with E-state index in [4.69, 9.17) is 20.4 Å². The molecule has 2 fully saturated rings. The van der Waals surface area contributed by atoms with Crippen molar-refractivity contribution < 1.29 is 24.2 Å². The molecule has 2 aliphatic rings. The third kappa shape index (κ3) is 4.34. The van der Waals surface area contributed by atoms with E-state index in [2.05, 4.69) is 5.32 Å². The highest BCUT2D eigenvalue weighted by molar-refractivity contribution is 5.80. The Bertz CT molecular complexity index is 632. The van der Waals surface area contributed by atoms with Crippen LogP contribution in [-0.2, 0) is 24.7 Å². The number of fused-ring (bicyclic) bond motifs is 1. The summed E-state index contributed by atoms with van der Waals surface area (Å²) in [6.07, 6.45) is 0.376. The zero-order valence-corrected chi connectivity index (χ0v) is 14.1. The minimum atomic E-state index is -0.833. The standard InChI is InChI=1S/C15H19N3O3.C2H4O2/c16-8-14(20)18-7-6-15(11-4-2-1-3-5-11)12(9-18)21-10-13(19)17-15;1-2(3)4/h1-5,12H,6-10,16H2,(H,17,19);1H3,(H,3,4)/t12-,15+;/m1./s1. The van der Waals surface area contributed by atoms with Crippen molar-refractivity contribution in [3.8, 4) is 0 Å². The van der Waals surface area contributed by atoms with Crippen molar-refractivity contribution in [3.63, 3.8) is 0 Å². The molecule has 2 saturated heterocycles. The number of amides is 2. The van der Waals surface area contributed by atoms with E-state index in [9.17, 15) is 9.59 Å². The smallest absolute Gasteiger partial charge is 0.300 e. The summed E-state index contributed by atoms with van der Waals surface area (Å²) in [5, 5.41) is 10.5. The van der Waals surface area contributed by atoms with Gasteiger partial charge in [-0.2, -0.15) is 0 Å². The monoisotopic (exact) mass is 349 g/mol. The van der Waals surface area contributed by atoms with Gasteiger partial charge < -0.3 is 25.8 Å². The number of hydrogen-bond donors (Lipinski definition) is 3. The fraction of sp³-hybridized carbons (Fsp3) is 0.471. The van der Waals surface area contributed by atoms with Crippen molar-refractivity contribution in [2.24, 2.45) is 5.73 Å². The van der Waals surface area contributed by atoms with Crippen LogP contribution in [0.25, 0.3) is 0 Å². The zero-order chi connectivity index (χ0) is 18.4. The van der Waals surface area contributed by atoms with E-state index in [0.717, 1.165) is 12.5 Å². The Morgan fingerprint density at radius 3 is 2.64 bits per heavy atom. The highest BCUT2D eigenvalue weighted by Gasteiger charge is 2.49. The molecule has 0 spiro atoms. The number of carboxylic acid groups (broad SMARTS) is 1. The van der Waals surface area contributed by atoms with Crippen LogP contribution in [0.15, 0.2) is 30.3 Å². The summed E-state index contributed by atoms with van der Waals surface area (Å²) in [7, 11) is 0. The van der Waals surface area contributed by atoms with Crippen molar-refractivity contribution in [1.29, 1.82) is 0 Å². The normalized spacial score (nSPS) is 25.1. The number of rotatable bonds is 2. The Kier molecular flexibility index (Phi) is 6.11. The SMILES string of the molecule is CC(=O)O.NCC(=O)N1CC[C@@]2(c3ccccc3)NC(=O)CO[C@@H]2C1. The number of nitrogens with two attached hydrogens (primary N) is 1. The first kappa shape index (κ1) is 18.9. The van der Waals surface area contributed by atoms with Crippen molar-refractivity contribution in [3.05, 3.63) is 35.9 Å². The van der Waals surface area contributed by atoms with E-state index in [1.165, 1.54) is 0 Å². The van der Waals surface area contributed by atoms with Gasteiger partial charge in [-0.15, -0.1) is 0 Å². The average molecular weight is 349 g/mol. The summed E-state index contributed by atoms with van der Waals surface area (Å²) in [5.41, 5.74) is 5.90. The highest BCUT2D eigenvalue weighted by atomic mass is 16.5. The third-order valence-electron chi connectivity index (χ3n) is 4.31. The molecule has 8 nitrogen and oxygen atoms in total. The number of nitrogens with one attached hydrogen (secondary N) is 1. The Hall–Kier alpha value is -2.45. The van der Waals surface area contributed by atoms with Gasteiger partial charge in [-0.25, -0.2) is 0 Å². The van der Waals surface area contributed by atoms with E-state index in [1.807, 2.05) is 30.3 Å².